The van der Waals surface area contributed by atoms with Crippen molar-refractivity contribution in [3.63, 3.8) is 0 Å². The first-order valence-corrected chi connectivity index (χ1v) is 10.2. The Balaban J connectivity index is 1.78. The highest BCUT2D eigenvalue weighted by molar-refractivity contribution is 7.19. The number of anilines is 1. The Bertz CT molecular complexity index is 873. The molecule has 1 aliphatic heterocycles. The number of carbonyl (C=O) groups excluding carboxylic acids is 2. The summed E-state index contributed by atoms with van der Waals surface area (Å²) in [6.45, 7) is 7.99. The summed E-state index contributed by atoms with van der Waals surface area (Å²) in [5.74, 6) is -0.710. The summed E-state index contributed by atoms with van der Waals surface area (Å²) in [6.07, 6.45) is -1.33. The molecule has 0 aliphatic carbocycles. The molecular formula is C17H22FN5O2S2. The average molecular weight is 412 g/mol. The number of aryl methyl sites for hydroxylation is 1. The second-order valence-corrected chi connectivity index (χ2v) is 9.41. The molecule has 1 fully saturated rings. The van der Waals surface area contributed by atoms with E-state index in [9.17, 15) is 14.0 Å². The lowest BCUT2D eigenvalue weighted by Crippen LogP contribution is -2.45. The van der Waals surface area contributed by atoms with Crippen LogP contribution in [-0.2, 0) is 10.2 Å². The van der Waals surface area contributed by atoms with Crippen LogP contribution < -0.4 is 11.1 Å². The second kappa shape index (κ2) is 7.16. The number of halogens is 1. The van der Waals surface area contributed by atoms with Crippen molar-refractivity contribution in [3.8, 4) is 10.6 Å². The molecule has 7 nitrogen and oxygen atoms in total. The van der Waals surface area contributed by atoms with Gasteiger partial charge in [-0.2, -0.15) is 0 Å². The van der Waals surface area contributed by atoms with Crippen molar-refractivity contribution in [3.05, 3.63) is 16.1 Å². The van der Waals surface area contributed by atoms with Gasteiger partial charge in [-0.05, 0) is 6.92 Å². The fourth-order valence-corrected chi connectivity index (χ4v) is 4.74. The summed E-state index contributed by atoms with van der Waals surface area (Å²) < 4.78 is 13.6. The molecule has 3 rings (SSSR count). The van der Waals surface area contributed by atoms with Crippen molar-refractivity contribution in [1.82, 2.24) is 14.9 Å². The normalized spacial score (nSPS) is 20.1. The van der Waals surface area contributed by atoms with Crippen LogP contribution in [-0.4, -0.2) is 45.6 Å². The molecule has 10 heteroatoms. The van der Waals surface area contributed by atoms with Gasteiger partial charge in [-0.25, -0.2) is 19.2 Å². The van der Waals surface area contributed by atoms with E-state index in [1.54, 1.807) is 11.3 Å². The Morgan fingerprint density at radius 1 is 1.37 bits per heavy atom. The topological polar surface area (TPSA) is 101 Å². The van der Waals surface area contributed by atoms with Gasteiger partial charge in [0.15, 0.2) is 5.13 Å². The van der Waals surface area contributed by atoms with Crippen LogP contribution in [0, 0.1) is 6.92 Å². The maximum absolute atomic E-state index is 13.6. The number of carbonyl (C=O) groups is 2. The van der Waals surface area contributed by atoms with Crippen molar-refractivity contribution in [1.29, 1.82) is 0 Å². The number of likely N-dealkylation sites (tertiary alicyclic amines) is 1. The number of primary amides is 1. The van der Waals surface area contributed by atoms with E-state index in [1.165, 1.54) is 11.3 Å². The van der Waals surface area contributed by atoms with Gasteiger partial charge in [0, 0.05) is 17.2 Å². The SMILES string of the molecule is Cc1nc(NC(=O)N2C[C@H](F)C[C@H]2C(N)=O)sc1-c1csc(C(C)(C)C)n1. The fourth-order valence-electron chi connectivity index (χ4n) is 2.85. The Hall–Kier alpha value is -2.07. The number of alkyl halides is 1. The van der Waals surface area contributed by atoms with Crippen LogP contribution in [0.1, 0.15) is 37.9 Å². The van der Waals surface area contributed by atoms with Crippen LogP contribution >= 0.6 is 22.7 Å². The molecule has 2 aromatic rings. The minimum Gasteiger partial charge on any atom is -0.368 e. The van der Waals surface area contributed by atoms with E-state index < -0.39 is 24.2 Å². The molecule has 3 N–H and O–H groups in total. The number of aromatic nitrogens is 2. The van der Waals surface area contributed by atoms with Gasteiger partial charge < -0.3 is 10.6 Å². The molecule has 0 unspecified atom stereocenters. The Morgan fingerprint density at radius 3 is 2.67 bits per heavy atom. The third-order valence-electron chi connectivity index (χ3n) is 4.23. The van der Waals surface area contributed by atoms with E-state index in [0.29, 0.717) is 5.13 Å². The van der Waals surface area contributed by atoms with Crippen molar-refractivity contribution in [2.24, 2.45) is 5.73 Å². The number of nitrogens with zero attached hydrogens (tertiary/aromatic N) is 3. The molecule has 0 saturated carbocycles. The van der Waals surface area contributed by atoms with Gasteiger partial charge in [0.25, 0.3) is 0 Å². The summed E-state index contributed by atoms with van der Waals surface area (Å²) >= 11 is 2.89. The van der Waals surface area contributed by atoms with Gasteiger partial charge in [0.05, 0.1) is 27.8 Å². The molecule has 0 aromatic carbocycles. The highest BCUT2D eigenvalue weighted by atomic mass is 32.1. The Labute approximate surface area is 164 Å². The quantitative estimate of drug-likeness (QED) is 0.809. The Morgan fingerprint density at radius 2 is 2.07 bits per heavy atom. The maximum Gasteiger partial charge on any atom is 0.324 e. The Kier molecular flexibility index (Phi) is 5.22. The van der Waals surface area contributed by atoms with Crippen LogP contribution in [0.25, 0.3) is 10.6 Å². The number of thiazole rings is 2. The molecular weight excluding hydrogens is 389 g/mol. The van der Waals surface area contributed by atoms with E-state index in [0.717, 1.165) is 26.2 Å². The van der Waals surface area contributed by atoms with Crippen molar-refractivity contribution in [2.45, 2.75) is 51.7 Å². The van der Waals surface area contributed by atoms with Gasteiger partial charge >= 0.3 is 6.03 Å². The summed E-state index contributed by atoms with van der Waals surface area (Å²) in [4.78, 5) is 35.0. The number of amides is 3. The predicted molar refractivity (Wildman–Crippen MR) is 105 cm³/mol. The first-order valence-electron chi connectivity index (χ1n) is 8.51. The number of hydrogen-bond acceptors (Lipinski definition) is 6. The van der Waals surface area contributed by atoms with Gasteiger partial charge in [0.2, 0.25) is 5.91 Å². The van der Waals surface area contributed by atoms with Gasteiger partial charge in [-0.15, -0.1) is 11.3 Å². The van der Waals surface area contributed by atoms with Crippen LogP contribution in [0.15, 0.2) is 5.38 Å². The third kappa shape index (κ3) is 4.11. The minimum absolute atomic E-state index is 0.0407. The van der Waals surface area contributed by atoms with Crippen LogP contribution in [0.2, 0.25) is 0 Å². The molecule has 3 amide bonds. The first-order chi connectivity index (χ1) is 12.6. The van der Waals surface area contributed by atoms with Crippen LogP contribution in [0.4, 0.5) is 14.3 Å². The smallest absolute Gasteiger partial charge is 0.324 e. The van der Waals surface area contributed by atoms with Crippen LogP contribution in [0.3, 0.4) is 0 Å². The average Bonchev–Trinajstić information content (AvgIpc) is 3.24. The largest absolute Gasteiger partial charge is 0.368 e. The van der Waals surface area contributed by atoms with E-state index >= 15 is 0 Å². The number of nitrogens with two attached hydrogens (primary N) is 1. The lowest BCUT2D eigenvalue weighted by atomic mass is 9.98. The highest BCUT2D eigenvalue weighted by Crippen LogP contribution is 2.36. The number of nitrogens with one attached hydrogen (secondary N) is 1. The number of rotatable bonds is 3. The van der Waals surface area contributed by atoms with E-state index in [2.05, 4.69) is 36.1 Å². The third-order valence-corrected chi connectivity index (χ3v) is 6.59. The van der Waals surface area contributed by atoms with Crippen molar-refractivity contribution >= 4 is 39.7 Å². The van der Waals surface area contributed by atoms with Crippen molar-refractivity contribution in [2.75, 3.05) is 11.9 Å². The number of hydrogen-bond donors (Lipinski definition) is 2. The molecule has 0 bridgehead atoms. The number of urea groups is 1. The van der Waals surface area contributed by atoms with E-state index in [4.69, 9.17) is 5.73 Å². The van der Waals surface area contributed by atoms with Gasteiger partial charge in [-0.1, -0.05) is 32.1 Å². The lowest BCUT2D eigenvalue weighted by Gasteiger charge is -2.21. The fraction of sp³-hybridized carbons (Fsp3) is 0.529. The van der Waals surface area contributed by atoms with E-state index in [-0.39, 0.29) is 18.4 Å². The van der Waals surface area contributed by atoms with Gasteiger partial charge in [0.1, 0.15) is 12.2 Å². The van der Waals surface area contributed by atoms with Crippen molar-refractivity contribution < 1.29 is 14.0 Å². The minimum atomic E-state index is -1.26. The predicted octanol–water partition coefficient (Wildman–Crippen LogP) is 3.30. The summed E-state index contributed by atoms with van der Waals surface area (Å²) in [6, 6.07) is -1.51. The molecule has 146 valence electrons. The standard InChI is InChI=1S/C17H22FN5O2S2/c1-8-12(10-7-26-14(21-10)17(2,3)4)27-15(20-8)22-16(25)23-6-9(18)5-11(23)13(19)24/h7,9,11H,5-6H2,1-4H3,(H2,19,24)(H,20,22,25)/t9-,11+/m1/s1. The monoisotopic (exact) mass is 411 g/mol. The maximum atomic E-state index is 13.6. The molecule has 27 heavy (non-hydrogen) atoms. The molecule has 3 heterocycles. The molecule has 2 atom stereocenters. The first kappa shape index (κ1) is 19.7. The van der Waals surface area contributed by atoms with Gasteiger partial charge in [-0.3, -0.25) is 10.1 Å². The zero-order valence-electron chi connectivity index (χ0n) is 15.6. The summed E-state index contributed by atoms with van der Waals surface area (Å²) in [5.41, 5.74) is 6.80. The molecule has 2 aromatic heterocycles. The second-order valence-electron chi connectivity index (χ2n) is 7.56. The molecule has 0 spiro atoms. The molecule has 0 radical (unpaired) electrons. The molecule has 1 aliphatic rings. The van der Waals surface area contributed by atoms with E-state index in [1.807, 2.05) is 12.3 Å². The van der Waals surface area contributed by atoms with Crippen LogP contribution in [0.5, 0.6) is 0 Å². The highest BCUT2D eigenvalue weighted by Gasteiger charge is 2.39. The lowest BCUT2D eigenvalue weighted by molar-refractivity contribution is -0.121. The zero-order chi connectivity index (χ0) is 19.9. The summed E-state index contributed by atoms with van der Waals surface area (Å²) in [7, 11) is 0. The summed E-state index contributed by atoms with van der Waals surface area (Å²) in [5, 5.41) is 6.03. The molecule has 1 saturated heterocycles. The zero-order valence-corrected chi connectivity index (χ0v) is 17.2.